The summed E-state index contributed by atoms with van der Waals surface area (Å²) in [5.74, 6) is 0. The van der Waals surface area contributed by atoms with E-state index in [2.05, 4.69) is 4.98 Å². The van der Waals surface area contributed by atoms with Gasteiger partial charge in [0.2, 0.25) is 0 Å². The molecule has 1 heterocycles. The summed E-state index contributed by atoms with van der Waals surface area (Å²) in [4.78, 5) is 14.3. The van der Waals surface area contributed by atoms with Crippen molar-refractivity contribution in [1.29, 1.82) is 0 Å². The van der Waals surface area contributed by atoms with E-state index in [1.807, 2.05) is 0 Å². The van der Waals surface area contributed by atoms with Crippen LogP contribution in [-0.4, -0.2) is 10.2 Å². The molecule has 1 aromatic rings. The molecule has 0 aliphatic heterocycles. The smallest absolute Gasteiger partial charge is 0.272 e. The first kappa shape index (κ1) is 10.1. The maximum Gasteiger partial charge on any atom is 0.272 e. The minimum absolute atomic E-state index is 0.0239. The maximum absolute atomic E-state index is 10.6. The van der Waals surface area contributed by atoms with Gasteiger partial charge in [-0.2, -0.15) is 0 Å². The predicted octanol–water partition coefficient (Wildman–Crippen LogP) is 3.42. The van der Waals surface area contributed by atoms with Gasteiger partial charge in [0.25, 0.3) is 5.24 Å². The Kier molecular flexibility index (Phi) is 3.18. The number of rotatable bonds is 1. The van der Waals surface area contributed by atoms with Gasteiger partial charge in [-0.1, -0.05) is 34.8 Å². The number of halogens is 4. The van der Waals surface area contributed by atoms with Crippen molar-refractivity contribution in [1.82, 2.24) is 4.98 Å². The van der Waals surface area contributed by atoms with Gasteiger partial charge in [-0.05, 0) is 11.6 Å². The minimum atomic E-state index is -0.765. The van der Waals surface area contributed by atoms with Crippen molar-refractivity contribution >= 4 is 51.6 Å². The normalized spacial score (nSPS) is 10.0. The summed E-state index contributed by atoms with van der Waals surface area (Å²) in [7, 11) is 0. The monoisotopic (exact) mass is 243 g/mol. The molecule has 0 amide bonds. The van der Waals surface area contributed by atoms with E-state index < -0.39 is 5.24 Å². The molecule has 0 unspecified atom stereocenters. The Balaban J connectivity index is 3.36. The number of carbonyl (C=O) groups excluding carboxylic acids is 1. The predicted molar refractivity (Wildman–Crippen MR) is 49.5 cm³/mol. The van der Waals surface area contributed by atoms with E-state index in [0.29, 0.717) is 0 Å². The largest absolute Gasteiger partial charge is 0.274 e. The first-order chi connectivity index (χ1) is 5.54. The average molecular weight is 245 g/mol. The van der Waals surface area contributed by atoms with Gasteiger partial charge in [0, 0.05) is 6.20 Å². The van der Waals surface area contributed by atoms with Crippen LogP contribution >= 0.6 is 46.4 Å². The average Bonchev–Trinajstić information content (AvgIpc) is 2.00. The molecule has 1 aromatic heterocycles. The van der Waals surface area contributed by atoms with Crippen molar-refractivity contribution in [3.63, 3.8) is 0 Å². The Morgan fingerprint density at radius 1 is 1.25 bits per heavy atom. The van der Waals surface area contributed by atoms with E-state index in [0.717, 1.165) is 0 Å². The summed E-state index contributed by atoms with van der Waals surface area (Å²) in [6.07, 6.45) is 1.21. The molecular weight excluding hydrogens is 244 g/mol. The summed E-state index contributed by atoms with van der Waals surface area (Å²) >= 11 is 21.9. The standard InChI is InChI=1S/C6HCl4NO/c7-2-1-11-5(6(10)12)4(9)3(2)8/h1H. The van der Waals surface area contributed by atoms with Crippen molar-refractivity contribution in [2.75, 3.05) is 0 Å². The lowest BCUT2D eigenvalue weighted by molar-refractivity contribution is 0.107. The van der Waals surface area contributed by atoms with E-state index in [1.54, 1.807) is 0 Å². The molecule has 64 valence electrons. The number of hydrogen-bond acceptors (Lipinski definition) is 2. The van der Waals surface area contributed by atoms with E-state index in [4.69, 9.17) is 46.4 Å². The molecule has 1 rings (SSSR count). The Labute approximate surface area is 88.4 Å². The number of pyridine rings is 1. The SMILES string of the molecule is O=C(Cl)c1ncc(Cl)c(Cl)c1Cl. The van der Waals surface area contributed by atoms with Crippen molar-refractivity contribution in [3.8, 4) is 0 Å². The van der Waals surface area contributed by atoms with Crippen LogP contribution in [0, 0.1) is 0 Å². The van der Waals surface area contributed by atoms with Crippen LogP contribution in [0.3, 0.4) is 0 Å². The molecule has 0 radical (unpaired) electrons. The molecule has 2 nitrogen and oxygen atoms in total. The fraction of sp³-hybridized carbons (Fsp3) is 0. The molecule has 0 bridgehead atoms. The molecule has 0 atom stereocenters. The summed E-state index contributed by atoms with van der Waals surface area (Å²) in [5, 5.41) is -0.525. The molecule has 0 saturated heterocycles. The third kappa shape index (κ3) is 1.83. The van der Waals surface area contributed by atoms with E-state index in [1.165, 1.54) is 6.20 Å². The van der Waals surface area contributed by atoms with Crippen LogP contribution in [0.2, 0.25) is 15.1 Å². The second-order valence-electron chi connectivity index (χ2n) is 1.86. The lowest BCUT2D eigenvalue weighted by Crippen LogP contribution is -1.95. The quantitative estimate of drug-likeness (QED) is 0.709. The van der Waals surface area contributed by atoms with Gasteiger partial charge in [-0.25, -0.2) is 4.98 Å². The van der Waals surface area contributed by atoms with Crippen LogP contribution in [0.5, 0.6) is 0 Å². The van der Waals surface area contributed by atoms with Crippen LogP contribution in [0.15, 0.2) is 6.20 Å². The lowest BCUT2D eigenvalue weighted by Gasteiger charge is -2.00. The van der Waals surface area contributed by atoms with Gasteiger partial charge in [0.05, 0.1) is 15.1 Å². The van der Waals surface area contributed by atoms with Gasteiger partial charge in [0.1, 0.15) is 5.69 Å². The van der Waals surface area contributed by atoms with Gasteiger partial charge in [-0.15, -0.1) is 0 Å². The van der Waals surface area contributed by atoms with E-state index in [-0.39, 0.29) is 20.8 Å². The van der Waals surface area contributed by atoms with Gasteiger partial charge in [0.15, 0.2) is 0 Å². The molecule has 0 saturated carbocycles. The highest BCUT2D eigenvalue weighted by Crippen LogP contribution is 2.31. The Morgan fingerprint density at radius 2 is 1.83 bits per heavy atom. The van der Waals surface area contributed by atoms with Crippen molar-refractivity contribution in [2.45, 2.75) is 0 Å². The molecule has 6 heteroatoms. The fourth-order valence-electron chi connectivity index (χ4n) is 0.580. The van der Waals surface area contributed by atoms with E-state index in [9.17, 15) is 4.79 Å². The second kappa shape index (κ2) is 3.79. The van der Waals surface area contributed by atoms with Crippen molar-refractivity contribution in [3.05, 3.63) is 27.0 Å². The topological polar surface area (TPSA) is 30.0 Å². The number of carbonyl (C=O) groups is 1. The third-order valence-corrected chi connectivity index (χ3v) is 2.52. The molecule has 0 aliphatic rings. The minimum Gasteiger partial charge on any atom is -0.274 e. The zero-order valence-corrected chi connectivity index (χ0v) is 8.47. The van der Waals surface area contributed by atoms with E-state index >= 15 is 0 Å². The molecule has 12 heavy (non-hydrogen) atoms. The molecule has 0 N–H and O–H groups in total. The van der Waals surface area contributed by atoms with Crippen LogP contribution in [0.25, 0.3) is 0 Å². The highest BCUT2D eigenvalue weighted by molar-refractivity contribution is 6.68. The van der Waals surface area contributed by atoms with Crippen LogP contribution in [0.4, 0.5) is 0 Å². The highest BCUT2D eigenvalue weighted by Gasteiger charge is 2.14. The molecule has 0 fully saturated rings. The molecule has 0 aromatic carbocycles. The summed E-state index contributed by atoms with van der Waals surface area (Å²) in [6.45, 7) is 0. The lowest BCUT2D eigenvalue weighted by atomic mass is 10.4. The Morgan fingerprint density at radius 3 is 2.33 bits per heavy atom. The first-order valence-corrected chi connectivity index (χ1v) is 4.24. The van der Waals surface area contributed by atoms with Crippen LogP contribution < -0.4 is 0 Å². The third-order valence-electron chi connectivity index (χ3n) is 1.10. The molecular formula is C6HCl4NO. The Hall–Kier alpha value is -0.0200. The Bertz CT molecular complexity index is 339. The van der Waals surface area contributed by atoms with Crippen molar-refractivity contribution < 1.29 is 4.79 Å². The maximum atomic E-state index is 10.6. The molecule has 0 spiro atoms. The summed E-state index contributed by atoms with van der Waals surface area (Å²) in [5.41, 5.74) is -0.0901. The van der Waals surface area contributed by atoms with Gasteiger partial charge >= 0.3 is 0 Å². The number of nitrogens with zero attached hydrogens (tertiary/aromatic N) is 1. The van der Waals surface area contributed by atoms with Gasteiger partial charge < -0.3 is 0 Å². The summed E-state index contributed by atoms with van der Waals surface area (Å²) in [6, 6.07) is 0. The van der Waals surface area contributed by atoms with Crippen molar-refractivity contribution in [2.24, 2.45) is 0 Å². The summed E-state index contributed by atoms with van der Waals surface area (Å²) < 4.78 is 0. The number of hydrogen-bond donors (Lipinski definition) is 0. The second-order valence-corrected chi connectivity index (χ2v) is 3.36. The zero-order valence-electron chi connectivity index (χ0n) is 5.44. The highest BCUT2D eigenvalue weighted by atomic mass is 35.5. The molecule has 0 aliphatic carbocycles. The first-order valence-electron chi connectivity index (χ1n) is 2.73. The zero-order chi connectivity index (χ0) is 9.30. The fourth-order valence-corrected chi connectivity index (χ4v) is 1.34. The van der Waals surface area contributed by atoms with Crippen LogP contribution in [-0.2, 0) is 0 Å². The van der Waals surface area contributed by atoms with Gasteiger partial charge in [-0.3, -0.25) is 4.79 Å². The number of aromatic nitrogens is 1. The van der Waals surface area contributed by atoms with Crippen LogP contribution in [0.1, 0.15) is 10.5 Å².